The van der Waals surface area contributed by atoms with Crippen LogP contribution in [0.4, 0.5) is 0 Å². The molecule has 15 heavy (non-hydrogen) atoms. The number of hydrogen-bond donors (Lipinski definition) is 2. The third-order valence-corrected chi connectivity index (χ3v) is 2.83. The van der Waals surface area contributed by atoms with E-state index in [2.05, 4.69) is 0 Å². The van der Waals surface area contributed by atoms with Crippen molar-refractivity contribution < 1.29 is 57.1 Å². The average molecular weight is 247 g/mol. The van der Waals surface area contributed by atoms with Crippen LogP contribution < -0.4 is 34.3 Å². The van der Waals surface area contributed by atoms with E-state index in [0.717, 1.165) is 0 Å². The SMILES string of the molecule is O=S(=O)([O-])NC1C2OCC(C[C@H]1O)O2.[Na+]. The Morgan fingerprint density at radius 3 is 2.73 bits per heavy atom. The van der Waals surface area contributed by atoms with Gasteiger partial charge in [-0.15, -0.1) is 0 Å². The quantitative estimate of drug-likeness (QED) is 0.373. The Balaban J connectivity index is 0.00000112. The van der Waals surface area contributed by atoms with Crippen LogP contribution in [-0.4, -0.2) is 49.2 Å². The minimum Gasteiger partial charge on any atom is -0.735 e. The van der Waals surface area contributed by atoms with E-state index < -0.39 is 28.7 Å². The molecule has 82 valence electrons. The summed E-state index contributed by atoms with van der Waals surface area (Å²) in [4.78, 5) is 0. The molecule has 2 rings (SSSR count). The Bertz CT molecular complexity index is 322. The smallest absolute Gasteiger partial charge is 0.735 e. The first-order valence-electron chi connectivity index (χ1n) is 4.14. The summed E-state index contributed by atoms with van der Waals surface area (Å²) < 4.78 is 43.3. The van der Waals surface area contributed by atoms with Crippen LogP contribution in [0.25, 0.3) is 0 Å². The second kappa shape index (κ2) is 4.94. The molecule has 2 aliphatic heterocycles. The van der Waals surface area contributed by atoms with Crippen LogP contribution in [0.5, 0.6) is 0 Å². The van der Waals surface area contributed by atoms with Gasteiger partial charge in [0.25, 0.3) is 0 Å². The van der Waals surface area contributed by atoms with Crippen molar-refractivity contribution in [2.45, 2.75) is 31.0 Å². The second-order valence-corrected chi connectivity index (χ2v) is 4.50. The molecule has 0 aromatic heterocycles. The standard InChI is InChI=1S/C6H11NO6S.Na/c8-4-1-3-2-12-6(13-3)5(4)7-14(9,10)11;/h3-8H,1-2H2,(H,9,10,11);/q;+1/p-1/t3?,4-,5?,6?;/m1./s1. The molecule has 2 bridgehead atoms. The largest absolute Gasteiger partial charge is 1.00 e. The molecule has 3 unspecified atom stereocenters. The van der Waals surface area contributed by atoms with Crippen LogP contribution in [0.1, 0.15) is 6.42 Å². The first-order valence-corrected chi connectivity index (χ1v) is 5.55. The number of hydrogen-bond acceptors (Lipinski definition) is 6. The van der Waals surface area contributed by atoms with Crippen molar-refractivity contribution in [3.63, 3.8) is 0 Å². The van der Waals surface area contributed by atoms with Gasteiger partial charge < -0.3 is 19.1 Å². The summed E-state index contributed by atoms with van der Waals surface area (Å²) in [6.07, 6.45) is -1.73. The normalized spacial score (nSPS) is 39.9. The Morgan fingerprint density at radius 2 is 2.13 bits per heavy atom. The predicted octanol–water partition coefficient (Wildman–Crippen LogP) is -5.09. The molecule has 4 atom stereocenters. The van der Waals surface area contributed by atoms with Gasteiger partial charge in [0.2, 0.25) is 0 Å². The van der Waals surface area contributed by atoms with Gasteiger partial charge in [0.1, 0.15) is 0 Å². The fourth-order valence-corrected chi connectivity index (χ4v) is 2.28. The molecule has 2 fully saturated rings. The van der Waals surface area contributed by atoms with Crippen molar-refractivity contribution in [3.05, 3.63) is 0 Å². The molecular weight excluding hydrogens is 237 g/mol. The topological polar surface area (TPSA) is 108 Å². The molecule has 0 aromatic rings. The van der Waals surface area contributed by atoms with Gasteiger partial charge in [-0.05, 0) is 0 Å². The summed E-state index contributed by atoms with van der Waals surface area (Å²) in [6.45, 7) is 0.318. The van der Waals surface area contributed by atoms with E-state index in [-0.39, 0.29) is 42.1 Å². The molecule has 9 heteroatoms. The average Bonchev–Trinajstić information content (AvgIpc) is 2.41. The summed E-state index contributed by atoms with van der Waals surface area (Å²) in [5, 5.41) is 9.49. The fraction of sp³-hybridized carbons (Fsp3) is 1.00. The predicted molar refractivity (Wildman–Crippen MR) is 41.9 cm³/mol. The summed E-state index contributed by atoms with van der Waals surface area (Å²) in [5.41, 5.74) is 0. The van der Waals surface area contributed by atoms with Crippen molar-refractivity contribution in [1.82, 2.24) is 4.72 Å². The van der Waals surface area contributed by atoms with Crippen molar-refractivity contribution in [2.24, 2.45) is 0 Å². The summed E-state index contributed by atoms with van der Waals surface area (Å²) >= 11 is 0. The molecule has 0 aromatic carbocycles. The Kier molecular flexibility index (Phi) is 4.55. The molecule has 0 spiro atoms. The third kappa shape index (κ3) is 3.35. The van der Waals surface area contributed by atoms with Crippen LogP contribution in [0.2, 0.25) is 0 Å². The minimum atomic E-state index is -4.60. The van der Waals surface area contributed by atoms with Gasteiger partial charge in [0.15, 0.2) is 16.6 Å². The van der Waals surface area contributed by atoms with E-state index >= 15 is 0 Å². The molecular formula is C6H10NNaO6S. The van der Waals surface area contributed by atoms with E-state index in [0.29, 0.717) is 6.61 Å². The van der Waals surface area contributed by atoms with Gasteiger partial charge in [-0.25, -0.2) is 13.1 Å². The summed E-state index contributed by atoms with van der Waals surface area (Å²) in [7, 11) is -4.60. The molecule has 2 saturated heterocycles. The van der Waals surface area contributed by atoms with Gasteiger partial charge in [-0.3, -0.25) is 0 Å². The Hall–Kier alpha value is 0.750. The van der Waals surface area contributed by atoms with Gasteiger partial charge in [0.05, 0.1) is 24.9 Å². The maximum atomic E-state index is 10.4. The van der Waals surface area contributed by atoms with Crippen molar-refractivity contribution in [3.8, 4) is 0 Å². The molecule has 2 N–H and O–H groups in total. The zero-order valence-electron chi connectivity index (χ0n) is 8.12. The molecule has 7 nitrogen and oxygen atoms in total. The molecule has 2 aliphatic rings. The maximum absolute atomic E-state index is 10.4. The molecule has 0 saturated carbocycles. The Labute approximate surface area is 109 Å². The van der Waals surface area contributed by atoms with E-state index in [4.69, 9.17) is 9.47 Å². The van der Waals surface area contributed by atoms with Gasteiger partial charge >= 0.3 is 29.6 Å². The van der Waals surface area contributed by atoms with Crippen LogP contribution in [0, 0.1) is 0 Å². The molecule has 0 amide bonds. The molecule has 0 radical (unpaired) electrons. The second-order valence-electron chi connectivity index (χ2n) is 3.36. The first-order chi connectivity index (χ1) is 6.46. The summed E-state index contributed by atoms with van der Waals surface area (Å²) in [5.74, 6) is 0. The van der Waals surface area contributed by atoms with E-state index in [1.54, 1.807) is 4.72 Å². The number of aliphatic hydroxyl groups excluding tert-OH is 1. The van der Waals surface area contributed by atoms with Crippen molar-refractivity contribution in [1.29, 1.82) is 0 Å². The van der Waals surface area contributed by atoms with Gasteiger partial charge in [-0.2, -0.15) is 0 Å². The maximum Gasteiger partial charge on any atom is 1.00 e. The van der Waals surface area contributed by atoms with Crippen LogP contribution in [-0.2, 0) is 19.8 Å². The third-order valence-electron chi connectivity index (χ3n) is 2.27. The summed E-state index contributed by atoms with van der Waals surface area (Å²) in [6, 6.07) is -1.00. The minimum absolute atomic E-state index is 0. The molecule has 0 aliphatic carbocycles. The number of nitrogens with one attached hydrogen (secondary N) is 1. The number of fused-ring (bicyclic) bond motifs is 2. The zero-order chi connectivity index (χ0) is 10.3. The van der Waals surface area contributed by atoms with E-state index in [9.17, 15) is 18.1 Å². The monoisotopic (exact) mass is 247 g/mol. The van der Waals surface area contributed by atoms with Crippen molar-refractivity contribution >= 4 is 10.3 Å². The van der Waals surface area contributed by atoms with E-state index in [1.165, 1.54) is 0 Å². The Morgan fingerprint density at radius 1 is 1.47 bits per heavy atom. The van der Waals surface area contributed by atoms with Crippen LogP contribution in [0.15, 0.2) is 0 Å². The van der Waals surface area contributed by atoms with Gasteiger partial charge in [0, 0.05) is 6.42 Å². The van der Waals surface area contributed by atoms with Gasteiger partial charge in [-0.1, -0.05) is 0 Å². The fourth-order valence-electron chi connectivity index (χ4n) is 1.68. The van der Waals surface area contributed by atoms with Crippen molar-refractivity contribution in [2.75, 3.05) is 6.61 Å². The van der Waals surface area contributed by atoms with Crippen LogP contribution in [0.3, 0.4) is 0 Å². The zero-order valence-corrected chi connectivity index (χ0v) is 10.9. The van der Waals surface area contributed by atoms with Crippen LogP contribution >= 0.6 is 0 Å². The molecule has 2 heterocycles. The number of aliphatic hydroxyl groups is 1. The number of rotatable bonds is 2. The first kappa shape index (κ1) is 13.8. The number of ether oxygens (including phenoxy) is 2. The van der Waals surface area contributed by atoms with E-state index in [1.807, 2.05) is 0 Å².